The van der Waals surface area contributed by atoms with Crippen molar-refractivity contribution in [2.24, 2.45) is 5.41 Å². The number of rotatable bonds is 3. The Morgan fingerprint density at radius 3 is 2.71 bits per heavy atom. The van der Waals surface area contributed by atoms with Crippen molar-refractivity contribution in [3.8, 4) is 0 Å². The normalized spacial score (nSPS) is 23.4. The lowest BCUT2D eigenvalue weighted by molar-refractivity contribution is 0.0976. The van der Waals surface area contributed by atoms with E-state index in [9.17, 15) is 0 Å². The third-order valence-electron chi connectivity index (χ3n) is 6.59. The zero-order valence-electron chi connectivity index (χ0n) is 16.7. The van der Waals surface area contributed by atoms with Gasteiger partial charge in [0.15, 0.2) is 0 Å². The Balaban J connectivity index is 1.25. The maximum atomic E-state index is 5.85. The highest BCUT2D eigenvalue weighted by molar-refractivity contribution is 7.99. The minimum atomic E-state index is 0.403. The van der Waals surface area contributed by atoms with Crippen LogP contribution in [0.3, 0.4) is 0 Å². The molecule has 28 heavy (non-hydrogen) atoms. The number of hydrogen-bond donors (Lipinski definition) is 0. The summed E-state index contributed by atoms with van der Waals surface area (Å²) in [6, 6.07) is 6.55. The molecule has 0 amide bonds. The summed E-state index contributed by atoms with van der Waals surface area (Å²) >= 11 is 1.73. The summed E-state index contributed by atoms with van der Waals surface area (Å²) in [5.74, 6) is 1.00. The molecule has 0 N–H and O–H groups in total. The van der Waals surface area contributed by atoms with Crippen LogP contribution < -0.4 is 9.80 Å². The zero-order chi connectivity index (χ0) is 19.1. The topological polar surface area (TPSA) is 41.5 Å². The highest BCUT2D eigenvalue weighted by Gasteiger charge is 2.41. The summed E-state index contributed by atoms with van der Waals surface area (Å²) in [4.78, 5) is 15.5. The molecule has 5 nitrogen and oxygen atoms in total. The molecule has 0 saturated carbocycles. The number of benzene rings is 1. The Morgan fingerprint density at radius 1 is 1.14 bits per heavy atom. The van der Waals surface area contributed by atoms with Crippen molar-refractivity contribution in [3.05, 3.63) is 36.2 Å². The van der Waals surface area contributed by atoms with Crippen LogP contribution >= 0.6 is 11.8 Å². The van der Waals surface area contributed by atoms with Gasteiger partial charge in [-0.25, -0.2) is 9.97 Å². The van der Waals surface area contributed by atoms with Crippen molar-refractivity contribution in [2.75, 3.05) is 43.1 Å². The highest BCUT2D eigenvalue weighted by atomic mass is 32.2. The number of fused-ring (bicyclic) bond motifs is 1. The Labute approximate surface area is 171 Å². The van der Waals surface area contributed by atoms with Crippen LogP contribution in [0, 0.1) is 5.41 Å². The van der Waals surface area contributed by atoms with E-state index in [1.54, 1.807) is 11.8 Å². The molecule has 0 unspecified atom stereocenters. The second-order valence-electron chi connectivity index (χ2n) is 8.55. The van der Waals surface area contributed by atoms with E-state index in [-0.39, 0.29) is 0 Å². The molecule has 3 aliphatic heterocycles. The molecule has 6 heteroatoms. The van der Waals surface area contributed by atoms with Gasteiger partial charge < -0.3 is 14.5 Å². The standard InChI is InChI=1S/C22H28N4OS/c1-16-12-22(15-27-16)7-10-26(11-8-22)20-13-24-21(14-23-20)28-19-5-3-4-18-17(19)6-9-25(18)2/h3-5,13-14,16H,6-12,15H2,1-2H3/t16-/m0/s1. The molecule has 3 aliphatic rings. The van der Waals surface area contributed by atoms with Gasteiger partial charge in [-0.3, -0.25) is 0 Å². The molecule has 2 aromatic rings. The summed E-state index contributed by atoms with van der Waals surface area (Å²) in [5.41, 5.74) is 3.19. The largest absolute Gasteiger partial charge is 0.378 e. The van der Waals surface area contributed by atoms with Crippen LogP contribution in [0.2, 0.25) is 0 Å². The molecule has 0 aliphatic carbocycles. The number of anilines is 2. The first-order chi connectivity index (χ1) is 13.6. The summed E-state index contributed by atoms with van der Waals surface area (Å²) in [5, 5.41) is 0.971. The molecule has 1 spiro atoms. The predicted molar refractivity (Wildman–Crippen MR) is 113 cm³/mol. The number of hydrogen-bond acceptors (Lipinski definition) is 6. The lowest BCUT2D eigenvalue weighted by Crippen LogP contribution is -2.41. The summed E-state index contributed by atoms with van der Waals surface area (Å²) < 4.78 is 5.85. The molecular formula is C22H28N4OS. The Bertz CT molecular complexity index is 848. The van der Waals surface area contributed by atoms with E-state index in [0.29, 0.717) is 11.5 Å². The fourth-order valence-electron chi connectivity index (χ4n) is 4.90. The van der Waals surface area contributed by atoms with Gasteiger partial charge in [-0.2, -0.15) is 0 Å². The van der Waals surface area contributed by atoms with Crippen LogP contribution in [0.4, 0.5) is 11.5 Å². The lowest BCUT2D eigenvalue weighted by atomic mass is 9.77. The first-order valence-corrected chi connectivity index (χ1v) is 11.1. The van der Waals surface area contributed by atoms with Gasteiger partial charge in [0.2, 0.25) is 0 Å². The molecule has 1 atom stereocenters. The van der Waals surface area contributed by atoms with E-state index < -0.39 is 0 Å². The van der Waals surface area contributed by atoms with Crippen LogP contribution in [-0.4, -0.2) is 49.4 Å². The highest BCUT2D eigenvalue weighted by Crippen LogP contribution is 2.42. The number of ether oxygens (including phenoxy) is 1. The number of likely N-dealkylation sites (N-methyl/N-ethyl adjacent to an activating group) is 1. The first-order valence-electron chi connectivity index (χ1n) is 10.3. The molecule has 5 rings (SSSR count). The van der Waals surface area contributed by atoms with E-state index in [0.717, 1.165) is 43.5 Å². The molecule has 148 valence electrons. The quantitative estimate of drug-likeness (QED) is 0.781. The van der Waals surface area contributed by atoms with Gasteiger partial charge in [0.25, 0.3) is 0 Å². The second kappa shape index (κ2) is 7.23. The van der Waals surface area contributed by atoms with Crippen LogP contribution in [0.1, 0.15) is 31.7 Å². The third kappa shape index (κ3) is 3.37. The number of aromatic nitrogens is 2. The zero-order valence-corrected chi connectivity index (χ0v) is 17.5. The lowest BCUT2D eigenvalue weighted by Gasteiger charge is -2.38. The van der Waals surface area contributed by atoms with Crippen molar-refractivity contribution in [1.82, 2.24) is 9.97 Å². The number of piperidine rings is 1. The average molecular weight is 397 g/mol. The third-order valence-corrected chi connectivity index (χ3v) is 7.61. The second-order valence-corrected chi connectivity index (χ2v) is 9.62. The molecule has 1 aromatic carbocycles. The van der Waals surface area contributed by atoms with Crippen LogP contribution in [0.25, 0.3) is 0 Å². The molecule has 4 heterocycles. The minimum absolute atomic E-state index is 0.403. The van der Waals surface area contributed by atoms with Gasteiger partial charge in [0.1, 0.15) is 10.8 Å². The first kappa shape index (κ1) is 18.3. The van der Waals surface area contributed by atoms with E-state index in [1.807, 2.05) is 12.4 Å². The molecule has 2 saturated heterocycles. The van der Waals surface area contributed by atoms with Crippen molar-refractivity contribution in [3.63, 3.8) is 0 Å². The maximum absolute atomic E-state index is 5.85. The minimum Gasteiger partial charge on any atom is -0.378 e. The van der Waals surface area contributed by atoms with Crippen LogP contribution in [0.15, 0.2) is 40.5 Å². The monoisotopic (exact) mass is 396 g/mol. The van der Waals surface area contributed by atoms with Crippen molar-refractivity contribution >= 4 is 23.3 Å². The van der Waals surface area contributed by atoms with E-state index in [1.165, 1.54) is 35.4 Å². The average Bonchev–Trinajstić information content (AvgIpc) is 3.27. The molecule has 1 aromatic heterocycles. The van der Waals surface area contributed by atoms with Gasteiger partial charge in [0, 0.05) is 37.3 Å². The van der Waals surface area contributed by atoms with E-state index in [4.69, 9.17) is 14.7 Å². The summed E-state index contributed by atoms with van der Waals surface area (Å²) in [6.45, 7) is 6.33. The van der Waals surface area contributed by atoms with E-state index in [2.05, 4.69) is 42.0 Å². The molecule has 2 fully saturated rings. The van der Waals surface area contributed by atoms with Crippen molar-refractivity contribution in [2.45, 2.75) is 48.6 Å². The Hall–Kier alpha value is -1.79. The fourth-order valence-corrected chi connectivity index (χ4v) is 5.81. The van der Waals surface area contributed by atoms with Gasteiger partial charge in [0.05, 0.1) is 25.1 Å². The summed E-state index contributed by atoms with van der Waals surface area (Å²) in [7, 11) is 2.16. The van der Waals surface area contributed by atoms with E-state index >= 15 is 0 Å². The van der Waals surface area contributed by atoms with Crippen molar-refractivity contribution < 1.29 is 4.74 Å². The van der Waals surface area contributed by atoms with Gasteiger partial charge in [-0.1, -0.05) is 17.8 Å². The number of nitrogens with zero attached hydrogens (tertiary/aromatic N) is 4. The molecule has 0 radical (unpaired) electrons. The smallest absolute Gasteiger partial charge is 0.147 e. The van der Waals surface area contributed by atoms with Crippen LogP contribution in [0.5, 0.6) is 0 Å². The fraction of sp³-hybridized carbons (Fsp3) is 0.545. The van der Waals surface area contributed by atoms with Crippen molar-refractivity contribution in [1.29, 1.82) is 0 Å². The van der Waals surface area contributed by atoms with Gasteiger partial charge in [-0.15, -0.1) is 0 Å². The summed E-state index contributed by atoms with van der Waals surface area (Å²) in [6.07, 6.45) is 9.00. The maximum Gasteiger partial charge on any atom is 0.147 e. The van der Waals surface area contributed by atoms with Gasteiger partial charge in [-0.05, 0) is 55.7 Å². The Morgan fingerprint density at radius 2 is 2.00 bits per heavy atom. The SMILES string of the molecule is C[C@H]1CC2(CCN(c3cnc(Sc4cccc5c4CCN5C)cn3)CC2)CO1. The molecule has 0 bridgehead atoms. The molecular weight excluding hydrogens is 368 g/mol. The predicted octanol–water partition coefficient (Wildman–Crippen LogP) is 4.02. The Kier molecular flexibility index (Phi) is 4.71. The van der Waals surface area contributed by atoms with Crippen LogP contribution in [-0.2, 0) is 11.2 Å². The van der Waals surface area contributed by atoms with Gasteiger partial charge >= 0.3 is 0 Å².